The van der Waals surface area contributed by atoms with E-state index in [1.165, 1.54) is 29.1 Å². The maximum atomic E-state index is 11.7. The van der Waals surface area contributed by atoms with Crippen molar-refractivity contribution in [3.63, 3.8) is 0 Å². The molecule has 12 nitrogen and oxygen atoms in total. The summed E-state index contributed by atoms with van der Waals surface area (Å²) in [5.74, 6) is 0. The van der Waals surface area contributed by atoms with Gasteiger partial charge in [0, 0.05) is 17.5 Å². The van der Waals surface area contributed by atoms with Crippen molar-refractivity contribution in [3.05, 3.63) is 94.0 Å². The predicted octanol–water partition coefficient (Wildman–Crippen LogP) is 4.15. The van der Waals surface area contributed by atoms with Crippen LogP contribution >= 0.6 is 0 Å². The molecule has 0 unspecified atom stereocenters. The minimum atomic E-state index is -4.69. The molecule has 0 aliphatic rings. The Balaban J connectivity index is 1.45. The number of aromatic nitrogens is 3. The number of hydrogen-bond acceptors (Lipinski definition) is 8. The van der Waals surface area contributed by atoms with Crippen LogP contribution < -0.4 is 0 Å². The summed E-state index contributed by atoms with van der Waals surface area (Å²) in [4.78, 5) is 10.8. The smallest absolute Gasteiger partial charge is 0.282 e. The van der Waals surface area contributed by atoms with E-state index in [2.05, 4.69) is 10.2 Å². The van der Waals surface area contributed by atoms with Crippen LogP contribution in [-0.2, 0) is 20.2 Å². The van der Waals surface area contributed by atoms with Crippen LogP contribution in [0.15, 0.2) is 82.6 Å². The van der Waals surface area contributed by atoms with Gasteiger partial charge in [0.25, 0.3) is 25.9 Å². The van der Waals surface area contributed by atoms with E-state index in [0.29, 0.717) is 33.1 Å². The van der Waals surface area contributed by atoms with Gasteiger partial charge < -0.3 is 0 Å². The molecule has 5 aromatic rings. The Labute approximate surface area is 215 Å². The average Bonchev–Trinajstić information content (AvgIpc) is 3.31. The molecule has 0 fully saturated rings. The molecule has 0 aliphatic carbocycles. The molecule has 0 saturated heterocycles. The van der Waals surface area contributed by atoms with E-state index in [4.69, 9.17) is 0 Å². The Bertz CT molecular complexity index is 2000. The van der Waals surface area contributed by atoms with E-state index in [-0.39, 0.29) is 10.5 Å². The first-order valence-electron chi connectivity index (χ1n) is 10.7. The van der Waals surface area contributed by atoms with Crippen molar-refractivity contribution < 1.29 is 30.9 Å². The molecule has 0 amide bonds. The second-order valence-electron chi connectivity index (χ2n) is 8.16. The van der Waals surface area contributed by atoms with Crippen LogP contribution in [0.4, 0.5) is 5.69 Å². The second kappa shape index (κ2) is 9.11. The number of nitrogens with zero attached hydrogens (tertiary/aromatic N) is 4. The van der Waals surface area contributed by atoms with Gasteiger partial charge in [0.2, 0.25) is 0 Å². The second-order valence-corrected chi connectivity index (χ2v) is 11.0. The van der Waals surface area contributed by atoms with Crippen LogP contribution in [0, 0.1) is 10.1 Å². The van der Waals surface area contributed by atoms with Crippen molar-refractivity contribution in [1.82, 2.24) is 15.0 Å². The summed E-state index contributed by atoms with van der Waals surface area (Å²) in [6.45, 7) is 0. The van der Waals surface area contributed by atoms with E-state index < -0.39 is 35.7 Å². The Kier molecular flexibility index (Phi) is 6.03. The van der Waals surface area contributed by atoms with Gasteiger partial charge in [-0.25, -0.2) is 0 Å². The highest BCUT2D eigenvalue weighted by Crippen LogP contribution is 2.27. The van der Waals surface area contributed by atoms with Crippen LogP contribution in [0.5, 0.6) is 0 Å². The third kappa shape index (κ3) is 4.88. The first-order valence-corrected chi connectivity index (χ1v) is 13.6. The van der Waals surface area contributed by atoms with Crippen LogP contribution in [0.2, 0.25) is 0 Å². The van der Waals surface area contributed by atoms with Gasteiger partial charge in [0.05, 0.1) is 15.5 Å². The van der Waals surface area contributed by atoms with E-state index >= 15 is 0 Å². The molecule has 0 bridgehead atoms. The summed E-state index contributed by atoms with van der Waals surface area (Å²) in [6.07, 6.45) is 2.99. The standard InChI is InChI=1S/C24H16N4O8S2/c29-28(30)19-9-5-16(23(14-19)38(34,35)36)4-1-15-2-7-18(8-3-15)27-25-22-12-6-17-13-20(37(31,32)33)10-11-21(17)24(22)26-27/h1-14H,(H,31,32,33)(H,34,35,36)/b4-1+. The molecule has 38 heavy (non-hydrogen) atoms. The fourth-order valence-electron chi connectivity index (χ4n) is 3.86. The number of non-ortho nitro benzene ring substituents is 1. The van der Waals surface area contributed by atoms with Crippen molar-refractivity contribution in [3.8, 4) is 5.69 Å². The molecule has 1 heterocycles. The minimum Gasteiger partial charge on any atom is -0.282 e. The van der Waals surface area contributed by atoms with Gasteiger partial charge in [0.15, 0.2) is 0 Å². The van der Waals surface area contributed by atoms with E-state index in [1.54, 1.807) is 48.5 Å². The highest BCUT2D eigenvalue weighted by Gasteiger charge is 2.19. The Morgan fingerprint density at radius 2 is 1.55 bits per heavy atom. The number of hydrogen-bond donors (Lipinski definition) is 2. The third-order valence-corrected chi connectivity index (χ3v) is 7.46. The summed E-state index contributed by atoms with van der Waals surface area (Å²) in [5, 5.41) is 21.1. The van der Waals surface area contributed by atoms with Crippen molar-refractivity contribution in [2.75, 3.05) is 0 Å². The van der Waals surface area contributed by atoms with Gasteiger partial charge in [0.1, 0.15) is 15.9 Å². The summed E-state index contributed by atoms with van der Waals surface area (Å²) < 4.78 is 65.0. The fraction of sp³-hybridized carbons (Fsp3) is 0. The molecule has 0 atom stereocenters. The molecule has 0 radical (unpaired) electrons. The normalized spacial score (nSPS) is 12.5. The van der Waals surface area contributed by atoms with Crippen LogP contribution in [0.1, 0.15) is 11.1 Å². The summed E-state index contributed by atoms with van der Waals surface area (Å²) in [5.41, 5.74) is 1.97. The van der Waals surface area contributed by atoms with Gasteiger partial charge >= 0.3 is 0 Å². The summed E-state index contributed by atoms with van der Waals surface area (Å²) in [7, 11) is -9.04. The maximum Gasteiger partial charge on any atom is 0.295 e. The monoisotopic (exact) mass is 552 g/mol. The Morgan fingerprint density at radius 1 is 0.816 bits per heavy atom. The van der Waals surface area contributed by atoms with Crippen molar-refractivity contribution in [2.45, 2.75) is 9.79 Å². The van der Waals surface area contributed by atoms with Gasteiger partial charge in [-0.2, -0.15) is 21.6 Å². The lowest BCUT2D eigenvalue weighted by Gasteiger charge is -2.03. The lowest BCUT2D eigenvalue weighted by atomic mass is 10.1. The zero-order valence-electron chi connectivity index (χ0n) is 19.0. The predicted molar refractivity (Wildman–Crippen MR) is 138 cm³/mol. The van der Waals surface area contributed by atoms with Crippen molar-refractivity contribution in [2.24, 2.45) is 0 Å². The molecule has 0 saturated carbocycles. The molecule has 192 valence electrons. The average molecular weight is 553 g/mol. The van der Waals surface area contributed by atoms with Crippen molar-refractivity contribution >= 4 is 59.9 Å². The van der Waals surface area contributed by atoms with E-state index in [1.807, 2.05) is 0 Å². The Hall–Kier alpha value is -4.50. The zero-order valence-corrected chi connectivity index (χ0v) is 20.7. The maximum absolute atomic E-state index is 11.7. The number of nitro benzene ring substituents is 1. The molecule has 14 heteroatoms. The van der Waals surface area contributed by atoms with Crippen LogP contribution in [-0.4, -0.2) is 45.9 Å². The van der Waals surface area contributed by atoms with E-state index in [9.17, 15) is 36.1 Å². The van der Waals surface area contributed by atoms with Crippen LogP contribution in [0.3, 0.4) is 0 Å². The minimum absolute atomic E-state index is 0.0752. The van der Waals surface area contributed by atoms with E-state index in [0.717, 1.165) is 12.1 Å². The lowest BCUT2D eigenvalue weighted by molar-refractivity contribution is -0.385. The first-order chi connectivity index (χ1) is 17.9. The van der Waals surface area contributed by atoms with Crippen LogP contribution in [0.25, 0.3) is 39.6 Å². The van der Waals surface area contributed by atoms with Gasteiger partial charge in [-0.15, -0.1) is 10.2 Å². The number of rotatable bonds is 6. The highest BCUT2D eigenvalue weighted by molar-refractivity contribution is 7.86. The SMILES string of the molecule is O=[N+]([O-])c1ccc(/C=C/c2ccc(-n3nc4ccc5cc(S(=O)(=O)O)ccc5c4n3)cc2)c(S(=O)(=O)O)c1. The molecule has 5 rings (SSSR count). The quantitative estimate of drug-likeness (QED) is 0.134. The molecule has 0 spiro atoms. The van der Waals surface area contributed by atoms with Gasteiger partial charge in [-0.05, 0) is 52.9 Å². The highest BCUT2D eigenvalue weighted by atomic mass is 32.2. The summed E-state index contributed by atoms with van der Waals surface area (Å²) in [6, 6.07) is 17.6. The summed E-state index contributed by atoms with van der Waals surface area (Å²) >= 11 is 0. The van der Waals surface area contributed by atoms with Gasteiger partial charge in [-0.1, -0.05) is 36.4 Å². The third-order valence-electron chi connectivity index (χ3n) is 5.70. The van der Waals surface area contributed by atoms with Crippen molar-refractivity contribution in [1.29, 1.82) is 0 Å². The molecule has 4 aromatic carbocycles. The zero-order chi connectivity index (χ0) is 27.2. The molecule has 1 aromatic heterocycles. The largest absolute Gasteiger partial charge is 0.295 e. The lowest BCUT2D eigenvalue weighted by Crippen LogP contribution is -2.02. The number of nitro groups is 1. The molecule has 2 N–H and O–H groups in total. The first kappa shape index (κ1) is 25.2. The molecule has 0 aliphatic heterocycles. The number of benzene rings is 4. The Morgan fingerprint density at radius 3 is 2.21 bits per heavy atom. The van der Waals surface area contributed by atoms with Gasteiger partial charge in [-0.3, -0.25) is 19.2 Å². The fourth-order valence-corrected chi connectivity index (χ4v) is 5.08. The topological polar surface area (TPSA) is 183 Å². The molecular formula is C24H16N4O8S2. The number of fused-ring (bicyclic) bond motifs is 3. The molecular weight excluding hydrogens is 536 g/mol.